The molecule has 0 unspecified atom stereocenters. The number of hydrogen-bond donors (Lipinski definition) is 2. The molecule has 4 aromatic carbocycles. The van der Waals surface area contributed by atoms with Crippen LogP contribution in [0.1, 0.15) is 34.1 Å². The van der Waals surface area contributed by atoms with Crippen molar-refractivity contribution in [3.8, 4) is 0 Å². The van der Waals surface area contributed by atoms with Gasteiger partial charge in [0, 0.05) is 37.0 Å². The molecular formula is C42H38N3O6P. The number of Topliss-reactive ketones (excluding diaryl/α,β-unsaturated/α-hetero) is 1. The van der Waals surface area contributed by atoms with Crippen LogP contribution in [0, 0.1) is 5.92 Å². The molecule has 2 amide bonds. The number of hydrogen-bond acceptors (Lipinski definition) is 7. The predicted molar refractivity (Wildman–Crippen MR) is 205 cm³/mol. The van der Waals surface area contributed by atoms with E-state index < -0.39 is 36.8 Å². The average Bonchev–Trinajstić information content (AvgIpc) is 3.18. The van der Waals surface area contributed by atoms with Gasteiger partial charge in [-0.1, -0.05) is 104 Å². The molecule has 1 saturated heterocycles. The minimum Gasteiger partial charge on any atom is -0.457 e. The second-order valence-electron chi connectivity index (χ2n) is 12.3. The molecule has 1 aromatic heterocycles. The molecule has 262 valence electrons. The lowest BCUT2D eigenvalue weighted by atomic mass is 9.79. The zero-order chi connectivity index (χ0) is 36.7. The number of β-lactam (4-membered cyclic amide) rings is 1. The Balaban J connectivity index is 1.48. The first kappa shape index (κ1) is 35.9. The van der Waals surface area contributed by atoms with Crippen LogP contribution >= 0.6 is 6.89 Å². The summed E-state index contributed by atoms with van der Waals surface area (Å²) in [6, 6.07) is 37.6. The maximum Gasteiger partial charge on any atom is 0.356 e. The Morgan fingerprint density at radius 1 is 0.846 bits per heavy atom. The van der Waals surface area contributed by atoms with Gasteiger partial charge in [0.1, 0.15) is 12.0 Å². The molecular weight excluding hydrogens is 673 g/mol. The lowest BCUT2D eigenvalue weighted by molar-refractivity contribution is -0.157. The van der Waals surface area contributed by atoms with Crippen LogP contribution < -0.4 is 21.2 Å². The summed E-state index contributed by atoms with van der Waals surface area (Å²) < 4.78 is 5.79. The molecule has 2 heterocycles. The summed E-state index contributed by atoms with van der Waals surface area (Å²) >= 11 is 0. The first-order chi connectivity index (χ1) is 25.3. The van der Waals surface area contributed by atoms with Crippen molar-refractivity contribution in [1.82, 2.24) is 9.88 Å². The number of carbonyl (C=O) groups excluding carboxylic acids is 4. The lowest BCUT2D eigenvalue weighted by Gasteiger charge is -2.50. The van der Waals surface area contributed by atoms with E-state index in [1.54, 1.807) is 42.6 Å². The standard InChI is InChI=1S/C42H38N3O6P/c1-3-26-51-42(50)41(52(33-15-7-4-8-16-33,34-17-9-5-10-18-34)35-19-11-6-12-20-35)45-36(38(29(2)46)40(45)49)27-37(47)30-21-23-32(24-22-30)44-39(48)31-14-13-25-43-28-31/h3-25,28-29,36,38,46H,1,26-27H2,2H3,(H,44,48)/t29-,36-,38-/m1/s1. The Morgan fingerprint density at radius 3 is 1.88 bits per heavy atom. The molecule has 52 heavy (non-hydrogen) atoms. The lowest BCUT2D eigenvalue weighted by Crippen LogP contribution is -2.68. The number of aliphatic hydroxyl groups excluding tert-OH is 1. The molecule has 0 aliphatic carbocycles. The van der Waals surface area contributed by atoms with E-state index in [2.05, 4.69) is 16.9 Å². The minimum absolute atomic E-state index is 0.101. The number of carbonyl (C=O) groups is 4. The Labute approximate surface area is 302 Å². The number of ether oxygens (including phenoxy) is 1. The number of pyridine rings is 1. The maximum atomic E-state index is 14.6. The van der Waals surface area contributed by atoms with E-state index in [1.807, 2.05) is 91.0 Å². The van der Waals surface area contributed by atoms with Crippen LogP contribution in [-0.2, 0) is 14.3 Å². The highest BCUT2D eigenvalue weighted by atomic mass is 31.2. The predicted octanol–water partition coefficient (Wildman–Crippen LogP) is 4.97. The smallest absolute Gasteiger partial charge is 0.356 e. The molecule has 3 atom stereocenters. The maximum absolute atomic E-state index is 14.6. The third-order valence-electron chi connectivity index (χ3n) is 9.06. The van der Waals surface area contributed by atoms with Crippen LogP contribution in [0.4, 0.5) is 5.69 Å². The van der Waals surface area contributed by atoms with Gasteiger partial charge in [-0.25, -0.2) is 4.79 Å². The van der Waals surface area contributed by atoms with Gasteiger partial charge in [-0.2, -0.15) is 0 Å². The van der Waals surface area contributed by atoms with Crippen LogP contribution in [0.3, 0.4) is 0 Å². The van der Waals surface area contributed by atoms with E-state index in [-0.39, 0.29) is 30.1 Å². The van der Waals surface area contributed by atoms with E-state index in [0.717, 1.165) is 15.9 Å². The molecule has 1 fully saturated rings. The number of likely N-dealkylation sites (tertiary alicyclic amines) is 1. The van der Waals surface area contributed by atoms with Gasteiger partial charge in [0.2, 0.25) is 5.91 Å². The van der Waals surface area contributed by atoms with Gasteiger partial charge in [-0.05, 0) is 59.2 Å². The largest absolute Gasteiger partial charge is 0.457 e. The SMILES string of the molecule is C=CCOC(=O)C(N1C(=O)[C@H]([C@@H](C)O)[C@H]1CC(=O)c1ccc(NC(=O)c2cccnc2)cc1)=P(c1ccccc1)(c1ccccc1)c1ccccc1. The Hall–Kier alpha value is -5.89. The molecule has 10 heteroatoms. The van der Waals surface area contributed by atoms with Crippen LogP contribution in [0.15, 0.2) is 152 Å². The topological polar surface area (TPSA) is 126 Å². The van der Waals surface area contributed by atoms with Crippen LogP contribution in [-0.4, -0.2) is 62.7 Å². The van der Waals surface area contributed by atoms with Gasteiger partial charge < -0.3 is 20.1 Å². The second-order valence-corrected chi connectivity index (χ2v) is 15.6. The van der Waals surface area contributed by atoms with E-state index in [0.29, 0.717) is 16.8 Å². The van der Waals surface area contributed by atoms with Crippen molar-refractivity contribution < 1.29 is 29.0 Å². The quantitative estimate of drug-likeness (QED) is 0.0581. The molecule has 6 rings (SSSR count). The van der Waals surface area contributed by atoms with E-state index in [9.17, 15) is 24.3 Å². The van der Waals surface area contributed by atoms with Crippen molar-refractivity contribution in [2.75, 3.05) is 11.9 Å². The van der Waals surface area contributed by atoms with Gasteiger partial charge in [0.15, 0.2) is 5.78 Å². The summed E-state index contributed by atoms with van der Waals surface area (Å²) in [5.41, 5.74) is 1.33. The number of ketones is 1. The number of nitrogens with zero attached hydrogens (tertiary/aromatic N) is 2. The molecule has 0 bridgehead atoms. The summed E-state index contributed by atoms with van der Waals surface area (Å²) in [5.74, 6) is -2.79. The third-order valence-corrected chi connectivity index (χ3v) is 13.3. The number of benzene rings is 4. The van der Waals surface area contributed by atoms with Gasteiger partial charge in [-0.15, -0.1) is 0 Å². The van der Waals surface area contributed by atoms with Crippen LogP contribution in [0.2, 0.25) is 0 Å². The minimum atomic E-state index is -3.20. The first-order valence-corrected chi connectivity index (χ1v) is 18.6. The summed E-state index contributed by atoms with van der Waals surface area (Å²) in [4.78, 5) is 61.0. The molecule has 0 radical (unpaired) electrons. The molecule has 2 N–H and O–H groups in total. The highest BCUT2D eigenvalue weighted by Gasteiger charge is 2.55. The number of aliphatic hydroxyl groups is 1. The van der Waals surface area contributed by atoms with Crippen molar-refractivity contribution in [1.29, 1.82) is 0 Å². The van der Waals surface area contributed by atoms with Crippen molar-refractivity contribution >= 4 is 57.5 Å². The van der Waals surface area contributed by atoms with E-state index >= 15 is 0 Å². The summed E-state index contributed by atoms with van der Waals surface area (Å²) in [5, 5.41) is 16.1. The van der Waals surface area contributed by atoms with Gasteiger partial charge in [0.05, 0.1) is 23.6 Å². The molecule has 9 nitrogen and oxygen atoms in total. The molecule has 1 aliphatic heterocycles. The fourth-order valence-corrected chi connectivity index (χ4v) is 11.1. The number of aromatic nitrogens is 1. The summed E-state index contributed by atoms with van der Waals surface area (Å²) in [7, 11) is 0. The Morgan fingerprint density at radius 2 is 1.40 bits per heavy atom. The number of anilines is 1. The van der Waals surface area contributed by atoms with E-state index in [1.165, 1.54) is 24.1 Å². The molecule has 5 aromatic rings. The normalized spacial score (nSPS) is 15.9. The highest BCUT2D eigenvalue weighted by Crippen LogP contribution is 2.50. The molecule has 0 spiro atoms. The molecule has 1 aliphatic rings. The number of amides is 2. The van der Waals surface area contributed by atoms with Crippen LogP contribution in [0.5, 0.6) is 0 Å². The summed E-state index contributed by atoms with van der Waals surface area (Å²) in [6.07, 6.45) is 3.21. The number of esters is 1. The van der Waals surface area contributed by atoms with Crippen molar-refractivity contribution in [2.24, 2.45) is 5.92 Å². The third kappa shape index (κ3) is 7.01. The van der Waals surface area contributed by atoms with Crippen molar-refractivity contribution in [3.05, 3.63) is 164 Å². The van der Waals surface area contributed by atoms with Crippen molar-refractivity contribution in [3.63, 3.8) is 0 Å². The van der Waals surface area contributed by atoms with Crippen molar-refractivity contribution in [2.45, 2.75) is 25.5 Å². The van der Waals surface area contributed by atoms with Crippen LogP contribution in [0.25, 0.3) is 0 Å². The van der Waals surface area contributed by atoms with E-state index in [4.69, 9.17) is 4.74 Å². The number of nitrogens with one attached hydrogen (secondary N) is 1. The summed E-state index contributed by atoms with van der Waals surface area (Å²) in [6.45, 7) is 1.94. The monoisotopic (exact) mass is 711 g/mol. The fourth-order valence-electron chi connectivity index (χ4n) is 6.69. The molecule has 0 saturated carbocycles. The van der Waals surface area contributed by atoms with Gasteiger partial charge in [-0.3, -0.25) is 19.4 Å². The zero-order valence-corrected chi connectivity index (χ0v) is 29.4. The zero-order valence-electron chi connectivity index (χ0n) is 28.5. The second kappa shape index (κ2) is 16.0. The Kier molecular flexibility index (Phi) is 11.0. The van der Waals surface area contributed by atoms with Gasteiger partial charge >= 0.3 is 5.97 Å². The Bertz CT molecular complexity index is 2020. The number of rotatable bonds is 13. The average molecular weight is 712 g/mol. The fraction of sp³-hybridized carbons (Fsp3) is 0.143. The highest BCUT2D eigenvalue weighted by molar-refractivity contribution is 7.96. The first-order valence-electron chi connectivity index (χ1n) is 16.8. The van der Waals surface area contributed by atoms with Gasteiger partial charge in [0.25, 0.3) is 5.91 Å².